The van der Waals surface area contributed by atoms with Crippen LogP contribution < -0.4 is 57.1 Å². The maximum Gasteiger partial charge on any atom is 1.00 e. The summed E-state index contributed by atoms with van der Waals surface area (Å²) in [7, 11) is 1.84. The minimum absolute atomic E-state index is 0. The summed E-state index contributed by atoms with van der Waals surface area (Å²) in [5.41, 5.74) is 6.96. The second kappa shape index (κ2) is 9.90. The van der Waals surface area contributed by atoms with Crippen molar-refractivity contribution in [1.29, 1.82) is 0 Å². The van der Waals surface area contributed by atoms with E-state index in [1.54, 1.807) is 6.20 Å². The van der Waals surface area contributed by atoms with Crippen LogP contribution in [0, 0.1) is 5.92 Å². The monoisotopic (exact) mass is 231 g/mol. The summed E-state index contributed by atoms with van der Waals surface area (Å²) in [5.74, 6) is 0.530. The van der Waals surface area contributed by atoms with Crippen LogP contribution in [0.1, 0.15) is 12.0 Å². The van der Waals surface area contributed by atoms with E-state index in [0.29, 0.717) is 5.92 Å². The summed E-state index contributed by atoms with van der Waals surface area (Å²) in [4.78, 5) is 4.09. The fourth-order valence-electron chi connectivity index (χ4n) is 1.47. The van der Waals surface area contributed by atoms with E-state index in [1.165, 1.54) is 5.56 Å². The molecule has 1 aromatic heterocycles. The molecule has 1 atom stereocenters. The van der Waals surface area contributed by atoms with E-state index in [-0.39, 0.29) is 51.4 Å². The maximum absolute atomic E-state index is 5.70. The number of hydrogen-bond acceptors (Lipinski definition) is 2. The van der Waals surface area contributed by atoms with Crippen LogP contribution in [0.15, 0.2) is 24.5 Å². The molecule has 1 rings (SSSR count). The van der Waals surface area contributed by atoms with Crippen molar-refractivity contribution in [2.45, 2.75) is 12.8 Å². The van der Waals surface area contributed by atoms with Crippen molar-refractivity contribution in [3.05, 3.63) is 35.4 Å². The summed E-state index contributed by atoms with van der Waals surface area (Å²) >= 11 is 0. The Hall–Kier alpha value is 0.706. The summed E-state index contributed by atoms with van der Waals surface area (Å²) in [6, 6.07) is 4.06. The molecule has 78 valence electrons. The topological polar surface area (TPSA) is 53.0 Å². The fraction of sp³-hybridized carbons (Fsp3) is 0.545. The molecule has 0 fully saturated rings. The van der Waals surface area contributed by atoms with Crippen molar-refractivity contribution in [2.24, 2.45) is 11.7 Å². The van der Waals surface area contributed by atoms with Gasteiger partial charge in [-0.1, -0.05) is 12.5 Å². The molecule has 0 aromatic carbocycles. The molecule has 0 aliphatic rings. The normalized spacial score (nSPS) is 11.9. The van der Waals surface area contributed by atoms with E-state index in [1.807, 2.05) is 19.3 Å². The Bertz CT molecular complexity index is 241. The quantitative estimate of drug-likeness (QED) is 0.612. The first-order valence-corrected chi connectivity index (χ1v) is 5.01. The van der Waals surface area contributed by atoms with Crippen LogP contribution in [-0.2, 0) is 6.42 Å². The number of rotatable bonds is 6. The Labute approximate surface area is 135 Å². The van der Waals surface area contributed by atoms with Gasteiger partial charge in [-0.05, 0) is 30.5 Å². The average molecular weight is 231 g/mol. The van der Waals surface area contributed by atoms with E-state index in [2.05, 4.69) is 16.4 Å². The Morgan fingerprint density at radius 1 is 1.53 bits per heavy atom. The summed E-state index contributed by atoms with van der Waals surface area (Å²) in [6.07, 6.45) is 5.79. The van der Waals surface area contributed by atoms with Crippen molar-refractivity contribution >= 4 is 0 Å². The first-order chi connectivity index (χ1) is 6.86. The van der Waals surface area contributed by atoms with Gasteiger partial charge in [0.25, 0.3) is 0 Å². The van der Waals surface area contributed by atoms with E-state index in [4.69, 9.17) is 5.73 Å². The predicted octanol–water partition coefficient (Wildman–Crippen LogP) is -1.40. The molecule has 0 amide bonds. The van der Waals surface area contributed by atoms with E-state index in [0.717, 1.165) is 25.9 Å². The largest absolute Gasteiger partial charge is 1.00 e. The number of hydrogen-bond donors (Lipinski definition) is 1. The first kappa shape index (κ1) is 15.7. The van der Waals surface area contributed by atoms with Crippen molar-refractivity contribution < 1.29 is 51.4 Å². The second-order valence-electron chi connectivity index (χ2n) is 3.50. The molecule has 0 saturated heterocycles. The minimum atomic E-state index is 0. The molecular weight excluding hydrogens is 213 g/mol. The van der Waals surface area contributed by atoms with E-state index in [9.17, 15) is 0 Å². The maximum atomic E-state index is 5.70. The molecule has 0 bridgehead atoms. The van der Waals surface area contributed by atoms with Crippen LogP contribution in [0.3, 0.4) is 0 Å². The van der Waals surface area contributed by atoms with Gasteiger partial charge in [0.1, 0.15) is 0 Å². The smallest absolute Gasteiger partial charge is 0.665 e. The average Bonchev–Trinajstić information content (AvgIpc) is 2.25. The van der Waals surface area contributed by atoms with Crippen LogP contribution >= 0.6 is 0 Å². The number of aromatic nitrogens is 1. The second-order valence-corrected chi connectivity index (χ2v) is 3.50. The van der Waals surface area contributed by atoms with Crippen LogP contribution in [-0.4, -0.2) is 25.1 Å². The molecule has 1 heterocycles. The van der Waals surface area contributed by atoms with E-state index < -0.39 is 0 Å². The molecule has 2 N–H and O–H groups in total. The standard InChI is InChI=1S/C11H18N3.K/c1-13-6-4-10(8-12)7-11-3-2-5-14-9-11;/h2-3,5,9-10H,4,6-8,12H2,1H3;/q-1;+1. The third-order valence-electron chi connectivity index (χ3n) is 2.34. The van der Waals surface area contributed by atoms with Crippen LogP contribution in [0.2, 0.25) is 0 Å². The number of nitrogens with two attached hydrogens (primary N) is 1. The third kappa shape index (κ3) is 6.79. The molecule has 1 unspecified atom stereocenters. The SMILES string of the molecule is C[N-]CCC(CN)Cc1cccnc1.[K+]. The molecule has 4 heteroatoms. The summed E-state index contributed by atoms with van der Waals surface area (Å²) in [5, 5.41) is 4.09. The Kier molecular flexibility index (Phi) is 10.4. The van der Waals surface area contributed by atoms with Crippen LogP contribution in [0.5, 0.6) is 0 Å². The third-order valence-corrected chi connectivity index (χ3v) is 2.34. The summed E-state index contributed by atoms with van der Waals surface area (Å²) < 4.78 is 0. The zero-order valence-corrected chi connectivity index (χ0v) is 12.8. The van der Waals surface area contributed by atoms with Gasteiger partial charge in [-0.3, -0.25) is 4.98 Å². The number of pyridine rings is 1. The Balaban J connectivity index is 0.00000196. The van der Waals surface area contributed by atoms with Gasteiger partial charge < -0.3 is 11.1 Å². The molecule has 0 aliphatic carbocycles. The van der Waals surface area contributed by atoms with Crippen LogP contribution in [0.4, 0.5) is 0 Å². The first-order valence-electron chi connectivity index (χ1n) is 5.01. The van der Waals surface area contributed by atoms with Gasteiger partial charge in [0.2, 0.25) is 0 Å². The fourth-order valence-corrected chi connectivity index (χ4v) is 1.47. The Morgan fingerprint density at radius 2 is 2.33 bits per heavy atom. The van der Waals surface area contributed by atoms with Crippen molar-refractivity contribution in [3.63, 3.8) is 0 Å². The van der Waals surface area contributed by atoms with Gasteiger partial charge in [0, 0.05) is 12.4 Å². The number of nitrogens with zero attached hydrogens (tertiary/aromatic N) is 2. The van der Waals surface area contributed by atoms with Gasteiger partial charge in [-0.15, -0.1) is 6.54 Å². The van der Waals surface area contributed by atoms with E-state index >= 15 is 0 Å². The van der Waals surface area contributed by atoms with Crippen molar-refractivity contribution in [3.8, 4) is 0 Å². The Morgan fingerprint density at radius 3 is 2.87 bits per heavy atom. The van der Waals surface area contributed by atoms with Gasteiger partial charge in [-0.25, -0.2) is 0 Å². The molecule has 0 spiro atoms. The van der Waals surface area contributed by atoms with Gasteiger partial charge in [0.05, 0.1) is 0 Å². The molecule has 0 saturated carbocycles. The molecule has 3 nitrogen and oxygen atoms in total. The summed E-state index contributed by atoms with van der Waals surface area (Å²) in [6.45, 7) is 1.63. The molecule has 0 aliphatic heterocycles. The molecule has 15 heavy (non-hydrogen) atoms. The zero-order valence-electron chi connectivity index (χ0n) is 9.69. The van der Waals surface area contributed by atoms with Gasteiger partial charge in [-0.2, -0.15) is 7.05 Å². The van der Waals surface area contributed by atoms with Gasteiger partial charge >= 0.3 is 51.4 Å². The zero-order chi connectivity index (χ0) is 10.2. The molecule has 1 aromatic rings. The molecule has 0 radical (unpaired) electrons. The van der Waals surface area contributed by atoms with Crippen molar-refractivity contribution in [2.75, 3.05) is 20.1 Å². The minimum Gasteiger partial charge on any atom is -0.665 e. The van der Waals surface area contributed by atoms with Crippen LogP contribution in [0.25, 0.3) is 5.32 Å². The predicted molar refractivity (Wildman–Crippen MR) is 59.3 cm³/mol. The van der Waals surface area contributed by atoms with Gasteiger partial charge in [0.15, 0.2) is 0 Å². The molecular formula is C11H18KN3. The van der Waals surface area contributed by atoms with Crippen molar-refractivity contribution in [1.82, 2.24) is 4.98 Å².